The smallest absolute Gasteiger partial charge is 0.201 e. The number of aromatic amines is 1. The molecule has 4 aromatic rings. The van der Waals surface area contributed by atoms with Gasteiger partial charge in [0.05, 0.1) is 0 Å². The first-order valence-corrected chi connectivity index (χ1v) is 9.21. The van der Waals surface area contributed by atoms with Crippen molar-refractivity contribution < 1.29 is 4.42 Å². The van der Waals surface area contributed by atoms with Crippen molar-refractivity contribution in [1.82, 2.24) is 9.97 Å². The monoisotopic (exact) mass is 346 g/mol. The number of nitrogens with one attached hydrogen (secondary N) is 1. The van der Waals surface area contributed by atoms with Crippen molar-refractivity contribution in [1.29, 1.82) is 0 Å². The molecule has 0 saturated carbocycles. The summed E-state index contributed by atoms with van der Waals surface area (Å²) in [7, 11) is 0. The predicted octanol–water partition coefficient (Wildman–Crippen LogP) is 6.13. The number of aromatic nitrogens is 2. The molecular weight excluding hydrogens is 320 g/mol. The normalized spacial score (nSPS) is 13.0. The van der Waals surface area contributed by atoms with E-state index in [1.165, 1.54) is 22.2 Å². The number of para-hydroxylation sites is 2. The molecule has 0 aliphatic rings. The first-order chi connectivity index (χ1) is 12.2. The lowest BCUT2D eigenvalue weighted by atomic mass is 9.85. The van der Waals surface area contributed by atoms with Crippen molar-refractivity contribution >= 4 is 22.0 Å². The quantitative estimate of drug-likeness (QED) is 0.485. The zero-order valence-electron chi connectivity index (χ0n) is 16.2. The molecule has 1 N–H and O–H groups in total. The number of hydrogen-bond donors (Lipinski definition) is 1. The lowest BCUT2D eigenvalue weighted by molar-refractivity contribution is 0.381. The van der Waals surface area contributed by atoms with E-state index in [2.05, 4.69) is 63.9 Å². The zero-order chi connectivity index (χ0) is 18.5. The highest BCUT2D eigenvalue weighted by molar-refractivity contribution is 5.81. The molecule has 0 atom stereocenters. The van der Waals surface area contributed by atoms with Gasteiger partial charge >= 0.3 is 0 Å². The summed E-state index contributed by atoms with van der Waals surface area (Å²) in [5.74, 6) is 0.792. The van der Waals surface area contributed by atoms with E-state index in [4.69, 9.17) is 9.40 Å². The third-order valence-corrected chi connectivity index (χ3v) is 5.01. The molecule has 0 fully saturated rings. The standard InChI is InChI=1S/C23H26N2O/c1-22(2,3)20-13-16-11-10-15(12-18(16)24-20)14-23(4,5)21-25-17-8-6-7-9-19(17)26-21/h6-13,24H,14H2,1-5H3. The summed E-state index contributed by atoms with van der Waals surface area (Å²) in [6.45, 7) is 11.1. The minimum absolute atomic E-state index is 0.122. The van der Waals surface area contributed by atoms with Crippen LogP contribution in [0.25, 0.3) is 22.0 Å². The van der Waals surface area contributed by atoms with Gasteiger partial charge in [-0.05, 0) is 41.6 Å². The van der Waals surface area contributed by atoms with Gasteiger partial charge in [-0.3, -0.25) is 0 Å². The molecule has 0 spiro atoms. The number of rotatable bonds is 3. The second-order valence-corrected chi connectivity index (χ2v) is 8.90. The van der Waals surface area contributed by atoms with Gasteiger partial charge in [0.25, 0.3) is 0 Å². The largest absolute Gasteiger partial charge is 0.440 e. The molecule has 0 bridgehead atoms. The molecule has 3 nitrogen and oxygen atoms in total. The van der Waals surface area contributed by atoms with Crippen LogP contribution in [0.1, 0.15) is 51.8 Å². The fourth-order valence-electron chi connectivity index (χ4n) is 3.44. The molecule has 0 saturated heterocycles. The average molecular weight is 346 g/mol. The summed E-state index contributed by atoms with van der Waals surface area (Å²) in [5.41, 5.74) is 5.47. The van der Waals surface area contributed by atoms with Crippen LogP contribution in [0.2, 0.25) is 0 Å². The number of hydrogen-bond acceptors (Lipinski definition) is 2. The Balaban J connectivity index is 1.66. The summed E-state index contributed by atoms with van der Waals surface area (Å²) in [6.07, 6.45) is 0.875. The van der Waals surface area contributed by atoms with Gasteiger partial charge in [-0.25, -0.2) is 4.98 Å². The number of fused-ring (bicyclic) bond motifs is 2. The van der Waals surface area contributed by atoms with Gasteiger partial charge in [-0.2, -0.15) is 0 Å². The Morgan fingerprint density at radius 2 is 1.73 bits per heavy atom. The van der Waals surface area contributed by atoms with Gasteiger partial charge in [-0.1, -0.05) is 58.9 Å². The number of oxazole rings is 1. The van der Waals surface area contributed by atoms with Gasteiger partial charge in [0.2, 0.25) is 5.89 Å². The van der Waals surface area contributed by atoms with Crippen LogP contribution >= 0.6 is 0 Å². The molecule has 0 aliphatic heterocycles. The third-order valence-electron chi connectivity index (χ3n) is 5.01. The Hall–Kier alpha value is -2.55. The van der Waals surface area contributed by atoms with Gasteiger partial charge in [0.1, 0.15) is 5.52 Å². The average Bonchev–Trinajstić information content (AvgIpc) is 3.18. The summed E-state index contributed by atoms with van der Waals surface area (Å²) >= 11 is 0. The highest BCUT2D eigenvalue weighted by Crippen LogP contribution is 2.32. The third kappa shape index (κ3) is 3.03. The topological polar surface area (TPSA) is 41.8 Å². The molecule has 0 radical (unpaired) electrons. The first kappa shape index (κ1) is 16.9. The van der Waals surface area contributed by atoms with Crippen LogP contribution in [0.15, 0.2) is 52.9 Å². The number of benzene rings is 2. The van der Waals surface area contributed by atoms with E-state index in [0.29, 0.717) is 0 Å². The molecule has 4 rings (SSSR count). The van der Waals surface area contributed by atoms with Crippen LogP contribution in [-0.4, -0.2) is 9.97 Å². The van der Waals surface area contributed by atoms with Crippen LogP contribution < -0.4 is 0 Å². The molecule has 0 unspecified atom stereocenters. The highest BCUT2D eigenvalue weighted by Gasteiger charge is 2.27. The van der Waals surface area contributed by atoms with Crippen molar-refractivity contribution in [3.63, 3.8) is 0 Å². The van der Waals surface area contributed by atoms with Crippen molar-refractivity contribution in [2.45, 2.75) is 51.9 Å². The first-order valence-electron chi connectivity index (χ1n) is 9.21. The van der Waals surface area contributed by atoms with Crippen LogP contribution in [0, 0.1) is 0 Å². The Labute approximate surface area is 154 Å². The van der Waals surface area contributed by atoms with Crippen molar-refractivity contribution in [2.24, 2.45) is 0 Å². The molecule has 26 heavy (non-hydrogen) atoms. The summed E-state index contributed by atoms with van der Waals surface area (Å²) in [5, 5.41) is 1.26. The van der Waals surface area contributed by atoms with Gasteiger partial charge in [0.15, 0.2) is 5.58 Å². The molecule has 0 aliphatic carbocycles. The van der Waals surface area contributed by atoms with Crippen LogP contribution in [0.5, 0.6) is 0 Å². The Morgan fingerprint density at radius 3 is 2.46 bits per heavy atom. The van der Waals surface area contributed by atoms with Crippen molar-refractivity contribution in [3.8, 4) is 0 Å². The van der Waals surface area contributed by atoms with Crippen LogP contribution in [0.3, 0.4) is 0 Å². The van der Waals surface area contributed by atoms with Crippen molar-refractivity contribution in [2.75, 3.05) is 0 Å². The summed E-state index contributed by atoms with van der Waals surface area (Å²) in [6, 6.07) is 16.9. The molecule has 3 heteroatoms. The minimum atomic E-state index is -0.174. The van der Waals surface area contributed by atoms with E-state index in [1.807, 2.05) is 24.3 Å². The van der Waals surface area contributed by atoms with E-state index in [1.54, 1.807) is 0 Å². The number of H-pyrrole nitrogens is 1. The highest BCUT2D eigenvalue weighted by atomic mass is 16.3. The van der Waals surface area contributed by atoms with E-state index < -0.39 is 0 Å². The molecule has 134 valence electrons. The fraction of sp³-hybridized carbons (Fsp3) is 0.348. The molecule has 2 heterocycles. The van der Waals surface area contributed by atoms with Gasteiger partial charge in [0, 0.05) is 22.0 Å². The second-order valence-electron chi connectivity index (χ2n) is 8.90. The van der Waals surface area contributed by atoms with Gasteiger partial charge < -0.3 is 9.40 Å². The zero-order valence-corrected chi connectivity index (χ0v) is 16.2. The maximum absolute atomic E-state index is 6.02. The summed E-state index contributed by atoms with van der Waals surface area (Å²) in [4.78, 5) is 8.29. The second kappa shape index (κ2) is 5.73. The Bertz CT molecular complexity index is 1040. The van der Waals surface area contributed by atoms with Crippen LogP contribution in [-0.2, 0) is 17.3 Å². The molecule has 2 aromatic heterocycles. The van der Waals surface area contributed by atoms with Crippen molar-refractivity contribution in [3.05, 3.63) is 65.7 Å². The Kier molecular flexibility index (Phi) is 3.72. The molecule has 2 aromatic carbocycles. The van der Waals surface area contributed by atoms with E-state index >= 15 is 0 Å². The van der Waals surface area contributed by atoms with Crippen LogP contribution in [0.4, 0.5) is 0 Å². The number of nitrogens with zero attached hydrogens (tertiary/aromatic N) is 1. The summed E-state index contributed by atoms with van der Waals surface area (Å²) < 4.78 is 6.02. The van der Waals surface area contributed by atoms with E-state index in [0.717, 1.165) is 23.4 Å². The predicted molar refractivity (Wildman–Crippen MR) is 108 cm³/mol. The maximum atomic E-state index is 6.02. The minimum Gasteiger partial charge on any atom is -0.440 e. The molecule has 0 amide bonds. The fourth-order valence-corrected chi connectivity index (χ4v) is 3.44. The lowest BCUT2D eigenvalue weighted by Crippen LogP contribution is -2.20. The van der Waals surface area contributed by atoms with E-state index in [-0.39, 0.29) is 10.8 Å². The molecular formula is C23H26N2O. The Morgan fingerprint density at radius 1 is 0.962 bits per heavy atom. The van der Waals surface area contributed by atoms with E-state index in [9.17, 15) is 0 Å². The SMILES string of the molecule is CC(C)(C)c1cc2ccc(CC(C)(C)c3nc4ccccc4o3)cc2[nH]1. The lowest BCUT2D eigenvalue weighted by Gasteiger charge is -2.20. The van der Waals surface area contributed by atoms with Gasteiger partial charge in [-0.15, -0.1) is 0 Å². The maximum Gasteiger partial charge on any atom is 0.201 e.